The van der Waals surface area contributed by atoms with Crippen molar-refractivity contribution in [1.29, 1.82) is 0 Å². The monoisotopic (exact) mass is 329 g/mol. The number of hydrogen-bond acceptors (Lipinski definition) is 4. The number of methoxy groups -OCH3 is 1. The van der Waals surface area contributed by atoms with E-state index in [2.05, 4.69) is 24.1 Å². The fourth-order valence-corrected chi connectivity index (χ4v) is 5.20. The molecule has 1 aromatic carbocycles. The molecular formula is C20H27NO3. The predicted octanol–water partition coefficient (Wildman–Crippen LogP) is 3.60. The summed E-state index contributed by atoms with van der Waals surface area (Å²) in [6.07, 6.45) is 6.26. The number of esters is 1. The van der Waals surface area contributed by atoms with Gasteiger partial charge in [-0.2, -0.15) is 0 Å². The smallest absolute Gasteiger partial charge is 0.337 e. The van der Waals surface area contributed by atoms with Crippen molar-refractivity contribution in [3.63, 3.8) is 0 Å². The highest BCUT2D eigenvalue weighted by molar-refractivity contribution is 5.90. The fourth-order valence-electron chi connectivity index (χ4n) is 5.20. The molecule has 1 saturated heterocycles. The number of ether oxygens (including phenoxy) is 2. The van der Waals surface area contributed by atoms with Crippen molar-refractivity contribution in [3.05, 3.63) is 29.3 Å². The molecule has 3 atom stereocenters. The highest BCUT2D eigenvalue weighted by Gasteiger charge is 2.42. The Balaban J connectivity index is 1.60. The molecule has 2 heterocycles. The molecule has 4 nitrogen and oxygen atoms in total. The van der Waals surface area contributed by atoms with Crippen molar-refractivity contribution in [2.24, 2.45) is 11.8 Å². The van der Waals surface area contributed by atoms with E-state index < -0.39 is 0 Å². The maximum absolute atomic E-state index is 11.9. The van der Waals surface area contributed by atoms with E-state index in [4.69, 9.17) is 9.47 Å². The molecule has 4 rings (SSSR count). The molecule has 0 spiro atoms. The average molecular weight is 329 g/mol. The molecule has 1 aliphatic carbocycles. The maximum Gasteiger partial charge on any atom is 0.337 e. The summed E-state index contributed by atoms with van der Waals surface area (Å²) < 4.78 is 10.5. The van der Waals surface area contributed by atoms with Gasteiger partial charge in [0.2, 0.25) is 0 Å². The van der Waals surface area contributed by atoms with Crippen molar-refractivity contribution in [1.82, 2.24) is 0 Å². The van der Waals surface area contributed by atoms with Crippen LogP contribution in [0.4, 0.5) is 5.69 Å². The Morgan fingerprint density at radius 3 is 2.71 bits per heavy atom. The minimum absolute atomic E-state index is 0.235. The summed E-state index contributed by atoms with van der Waals surface area (Å²) in [4.78, 5) is 14.3. The Hall–Kier alpha value is -1.55. The number of rotatable bonds is 2. The van der Waals surface area contributed by atoms with Gasteiger partial charge in [-0.05, 0) is 67.7 Å². The third-order valence-electron chi connectivity index (χ3n) is 6.51. The lowest BCUT2D eigenvalue weighted by atomic mass is 9.70. The molecular weight excluding hydrogens is 302 g/mol. The van der Waals surface area contributed by atoms with Crippen LogP contribution in [0.15, 0.2) is 18.2 Å². The first-order valence-electron chi connectivity index (χ1n) is 9.22. The lowest BCUT2D eigenvalue weighted by Crippen LogP contribution is -2.37. The summed E-state index contributed by atoms with van der Waals surface area (Å²) >= 11 is 0. The highest BCUT2D eigenvalue weighted by atomic mass is 16.5. The van der Waals surface area contributed by atoms with E-state index in [1.54, 1.807) is 0 Å². The molecule has 2 fully saturated rings. The summed E-state index contributed by atoms with van der Waals surface area (Å²) in [7, 11) is 3.66. The molecule has 1 aromatic rings. The summed E-state index contributed by atoms with van der Waals surface area (Å²) in [5.74, 6) is 1.94. The van der Waals surface area contributed by atoms with Crippen molar-refractivity contribution >= 4 is 11.7 Å². The largest absolute Gasteiger partial charge is 0.465 e. The Morgan fingerprint density at radius 2 is 1.96 bits per heavy atom. The van der Waals surface area contributed by atoms with Crippen LogP contribution in [-0.4, -0.2) is 39.4 Å². The van der Waals surface area contributed by atoms with E-state index >= 15 is 0 Å². The first-order valence-corrected chi connectivity index (χ1v) is 9.22. The SMILES string of the molecule is COC(=O)c1ccc2c(c1)C1CC(C3CCOCC3)CCC1N2C. The first kappa shape index (κ1) is 15.9. The quantitative estimate of drug-likeness (QED) is 0.777. The number of fused-ring (bicyclic) bond motifs is 3. The summed E-state index contributed by atoms with van der Waals surface area (Å²) in [6.45, 7) is 1.86. The molecule has 0 aromatic heterocycles. The van der Waals surface area contributed by atoms with Gasteiger partial charge in [0.25, 0.3) is 0 Å². The van der Waals surface area contributed by atoms with Crippen LogP contribution < -0.4 is 4.90 Å². The molecule has 0 amide bonds. The van der Waals surface area contributed by atoms with E-state index in [-0.39, 0.29) is 5.97 Å². The summed E-state index contributed by atoms with van der Waals surface area (Å²) in [5.41, 5.74) is 3.32. The number of likely N-dealkylation sites (N-methyl/N-ethyl adjacent to an activating group) is 1. The molecule has 4 heteroatoms. The van der Waals surface area contributed by atoms with Gasteiger partial charge in [-0.15, -0.1) is 0 Å². The van der Waals surface area contributed by atoms with E-state index in [9.17, 15) is 4.79 Å². The topological polar surface area (TPSA) is 38.8 Å². The Kier molecular flexibility index (Phi) is 4.25. The average Bonchev–Trinajstić information content (AvgIpc) is 2.93. The van der Waals surface area contributed by atoms with Crippen molar-refractivity contribution in [3.8, 4) is 0 Å². The second-order valence-corrected chi connectivity index (χ2v) is 7.57. The van der Waals surface area contributed by atoms with Gasteiger partial charge >= 0.3 is 5.97 Å². The summed E-state index contributed by atoms with van der Waals surface area (Å²) in [6, 6.07) is 6.66. The second kappa shape index (κ2) is 6.40. The highest BCUT2D eigenvalue weighted by Crippen LogP contribution is 2.51. The molecule has 0 radical (unpaired) electrons. The van der Waals surface area contributed by atoms with Crippen molar-refractivity contribution < 1.29 is 14.3 Å². The fraction of sp³-hybridized carbons (Fsp3) is 0.650. The first-order chi connectivity index (χ1) is 11.7. The number of anilines is 1. The molecule has 24 heavy (non-hydrogen) atoms. The third kappa shape index (κ3) is 2.61. The van der Waals surface area contributed by atoms with Crippen LogP contribution in [0.1, 0.15) is 53.9 Å². The van der Waals surface area contributed by atoms with Gasteiger partial charge in [0.15, 0.2) is 0 Å². The minimum atomic E-state index is -0.235. The van der Waals surface area contributed by atoms with E-state index in [0.29, 0.717) is 17.5 Å². The van der Waals surface area contributed by atoms with Crippen LogP contribution in [0.5, 0.6) is 0 Å². The molecule has 2 aliphatic heterocycles. The van der Waals surface area contributed by atoms with Gasteiger partial charge in [-0.3, -0.25) is 0 Å². The lowest BCUT2D eigenvalue weighted by Gasteiger charge is -2.40. The van der Waals surface area contributed by atoms with E-state index in [1.165, 1.54) is 50.5 Å². The number of nitrogens with zero attached hydrogens (tertiary/aromatic N) is 1. The Morgan fingerprint density at radius 1 is 1.17 bits per heavy atom. The van der Waals surface area contributed by atoms with E-state index in [1.807, 2.05) is 6.07 Å². The zero-order valence-electron chi connectivity index (χ0n) is 14.7. The van der Waals surface area contributed by atoms with Gasteiger partial charge in [0.1, 0.15) is 0 Å². The third-order valence-corrected chi connectivity index (χ3v) is 6.51. The normalized spacial score (nSPS) is 29.9. The van der Waals surface area contributed by atoms with Gasteiger partial charge < -0.3 is 14.4 Å². The molecule has 0 N–H and O–H groups in total. The molecule has 3 aliphatic rings. The second-order valence-electron chi connectivity index (χ2n) is 7.57. The number of carbonyl (C=O) groups is 1. The minimum Gasteiger partial charge on any atom is -0.465 e. The predicted molar refractivity (Wildman–Crippen MR) is 93.6 cm³/mol. The maximum atomic E-state index is 11.9. The van der Waals surface area contributed by atoms with Gasteiger partial charge in [0, 0.05) is 37.9 Å². The van der Waals surface area contributed by atoms with Crippen LogP contribution in [0.3, 0.4) is 0 Å². The lowest BCUT2D eigenvalue weighted by molar-refractivity contribution is 0.0361. The number of carbonyl (C=O) groups excluding carboxylic acids is 1. The van der Waals surface area contributed by atoms with Crippen LogP contribution in [0.25, 0.3) is 0 Å². The van der Waals surface area contributed by atoms with Gasteiger partial charge in [-0.1, -0.05) is 0 Å². The van der Waals surface area contributed by atoms with E-state index in [0.717, 1.165) is 25.0 Å². The zero-order chi connectivity index (χ0) is 16.7. The number of hydrogen-bond donors (Lipinski definition) is 0. The summed E-state index contributed by atoms with van der Waals surface area (Å²) in [5, 5.41) is 0. The standard InChI is InChI=1S/C20H27NO3/c1-21-18-5-3-14(13-7-9-24-10-8-13)11-16(18)17-12-15(20(22)23-2)4-6-19(17)21/h4,6,12-14,16,18H,3,5,7-11H2,1-2H3. The Labute approximate surface area is 144 Å². The molecule has 1 saturated carbocycles. The van der Waals surface area contributed by atoms with Crippen LogP contribution >= 0.6 is 0 Å². The number of benzene rings is 1. The van der Waals surface area contributed by atoms with Crippen molar-refractivity contribution in [2.45, 2.75) is 44.1 Å². The Bertz CT molecular complexity index is 623. The molecule has 130 valence electrons. The van der Waals surface area contributed by atoms with Crippen LogP contribution in [-0.2, 0) is 9.47 Å². The van der Waals surface area contributed by atoms with Gasteiger partial charge in [-0.25, -0.2) is 4.79 Å². The van der Waals surface area contributed by atoms with Gasteiger partial charge in [0.05, 0.1) is 12.7 Å². The van der Waals surface area contributed by atoms with Crippen molar-refractivity contribution in [2.75, 3.05) is 32.3 Å². The van der Waals surface area contributed by atoms with Crippen LogP contribution in [0, 0.1) is 11.8 Å². The zero-order valence-corrected chi connectivity index (χ0v) is 14.7. The van der Waals surface area contributed by atoms with Crippen LogP contribution in [0.2, 0.25) is 0 Å². The molecule has 0 bridgehead atoms. The molecule has 3 unspecified atom stereocenters.